The number of halogens is 1. The number of aryl methyl sites for hydroxylation is 1. The lowest BCUT2D eigenvalue weighted by atomic mass is 9.94. The lowest BCUT2D eigenvalue weighted by Gasteiger charge is -2.45. The van der Waals surface area contributed by atoms with Gasteiger partial charge in [0.25, 0.3) is 0 Å². The van der Waals surface area contributed by atoms with E-state index < -0.39 is 5.82 Å². The van der Waals surface area contributed by atoms with Gasteiger partial charge >= 0.3 is 0 Å². The zero-order valence-electron chi connectivity index (χ0n) is 25.2. The Morgan fingerprint density at radius 3 is 2.55 bits per heavy atom. The summed E-state index contributed by atoms with van der Waals surface area (Å²) in [5.41, 5.74) is 3.80. The molecule has 2 aromatic carbocycles. The number of carbonyl (C=O) groups is 2. The van der Waals surface area contributed by atoms with E-state index in [1.54, 1.807) is 11.9 Å². The highest BCUT2D eigenvalue weighted by Gasteiger charge is 2.36. The molecule has 0 unspecified atom stereocenters. The fourth-order valence-electron chi connectivity index (χ4n) is 6.55. The molecule has 0 N–H and O–H groups in total. The number of anilines is 3. The summed E-state index contributed by atoms with van der Waals surface area (Å²) < 4.78 is 16.9. The fraction of sp³-hybridized carbons (Fsp3) is 0.438. The average molecular weight is 572 g/mol. The Morgan fingerprint density at radius 2 is 1.86 bits per heavy atom. The molecule has 2 amide bonds. The first-order valence-electron chi connectivity index (χ1n) is 14.5. The van der Waals surface area contributed by atoms with Crippen molar-refractivity contribution < 1.29 is 14.0 Å². The van der Waals surface area contributed by atoms with Crippen LogP contribution in [0.2, 0.25) is 0 Å². The number of para-hydroxylation sites is 1. The highest BCUT2D eigenvalue weighted by molar-refractivity contribution is 6.06. The van der Waals surface area contributed by atoms with Gasteiger partial charge in [0.1, 0.15) is 11.3 Å². The summed E-state index contributed by atoms with van der Waals surface area (Å²) in [4.78, 5) is 44.9. The molecule has 0 spiro atoms. The van der Waals surface area contributed by atoms with Crippen molar-refractivity contribution in [2.45, 2.75) is 45.3 Å². The minimum atomic E-state index is -0.415. The zero-order valence-corrected chi connectivity index (χ0v) is 25.2. The first kappa shape index (κ1) is 28.1. The number of likely N-dealkylation sites (N-methyl/N-ethyl adjacent to an activating group) is 2. The minimum absolute atomic E-state index is 0.00591. The van der Waals surface area contributed by atoms with Crippen LogP contribution in [-0.2, 0) is 16.0 Å². The summed E-state index contributed by atoms with van der Waals surface area (Å²) in [7, 11) is 5.85. The largest absolute Gasteiger partial charge is 0.349 e. The van der Waals surface area contributed by atoms with Gasteiger partial charge in [-0.15, -0.1) is 0 Å². The quantitative estimate of drug-likeness (QED) is 0.433. The number of nitrogens with zero attached hydrogens (tertiary/aromatic N) is 7. The normalized spacial score (nSPS) is 20.9. The molecule has 2 atom stereocenters. The van der Waals surface area contributed by atoms with Crippen LogP contribution in [0, 0.1) is 12.7 Å². The second kappa shape index (κ2) is 10.3. The van der Waals surface area contributed by atoms with Crippen LogP contribution < -0.4 is 14.7 Å². The first-order valence-corrected chi connectivity index (χ1v) is 14.5. The second-order valence-electron chi connectivity index (χ2n) is 12.1. The number of hydrogen-bond donors (Lipinski definition) is 0. The van der Waals surface area contributed by atoms with Crippen molar-refractivity contribution in [2.75, 3.05) is 62.0 Å². The summed E-state index contributed by atoms with van der Waals surface area (Å²) in [5, 5.41) is 0.640. The molecule has 6 rings (SSSR count). The number of carbonyl (C=O) groups excluding carboxylic acids is 2. The van der Waals surface area contributed by atoms with Crippen LogP contribution in [0.25, 0.3) is 22.0 Å². The van der Waals surface area contributed by atoms with Gasteiger partial charge in [-0.3, -0.25) is 9.59 Å². The van der Waals surface area contributed by atoms with E-state index in [-0.39, 0.29) is 29.4 Å². The van der Waals surface area contributed by atoms with Crippen molar-refractivity contribution in [1.82, 2.24) is 19.8 Å². The summed E-state index contributed by atoms with van der Waals surface area (Å²) >= 11 is 0. The lowest BCUT2D eigenvalue weighted by Crippen LogP contribution is -2.59. The fourth-order valence-corrected chi connectivity index (χ4v) is 6.55. The van der Waals surface area contributed by atoms with E-state index in [0.29, 0.717) is 53.8 Å². The van der Waals surface area contributed by atoms with Crippen molar-refractivity contribution >= 4 is 40.2 Å². The number of fused-ring (bicyclic) bond motifs is 2. The SMILES string of the molecule is C=CC(=O)N1C[C@H](C)N(c2nc(N3CC(N(C)C)C3)nc3c(F)c(-c4cccc5c4N(C)C(=O)C5)c(C)cc23)C[C@H]1C. The molecular weight excluding hydrogens is 533 g/mol. The molecule has 10 heteroatoms. The summed E-state index contributed by atoms with van der Waals surface area (Å²) in [5.74, 6) is 0.658. The molecule has 0 aliphatic carbocycles. The smallest absolute Gasteiger partial charge is 0.246 e. The van der Waals surface area contributed by atoms with E-state index in [9.17, 15) is 9.59 Å². The predicted octanol–water partition coefficient (Wildman–Crippen LogP) is 3.63. The molecule has 3 aliphatic rings. The number of amides is 2. The molecule has 2 fully saturated rings. The molecule has 42 heavy (non-hydrogen) atoms. The van der Waals surface area contributed by atoms with Crippen molar-refractivity contribution in [1.29, 1.82) is 0 Å². The highest BCUT2D eigenvalue weighted by atomic mass is 19.1. The van der Waals surface area contributed by atoms with E-state index in [1.165, 1.54) is 6.08 Å². The minimum Gasteiger partial charge on any atom is -0.349 e. The Bertz CT molecular complexity index is 1620. The van der Waals surface area contributed by atoms with Crippen LogP contribution in [-0.4, -0.2) is 97.0 Å². The topological polar surface area (TPSA) is 76.1 Å². The van der Waals surface area contributed by atoms with Crippen molar-refractivity contribution in [3.63, 3.8) is 0 Å². The molecule has 9 nitrogen and oxygen atoms in total. The van der Waals surface area contributed by atoms with E-state index >= 15 is 4.39 Å². The Hall–Kier alpha value is -4.05. The van der Waals surface area contributed by atoms with Gasteiger partial charge in [-0.25, -0.2) is 9.37 Å². The van der Waals surface area contributed by atoms with E-state index in [2.05, 4.69) is 42.3 Å². The van der Waals surface area contributed by atoms with Crippen molar-refractivity contribution in [3.8, 4) is 11.1 Å². The lowest BCUT2D eigenvalue weighted by molar-refractivity contribution is -0.128. The third-order valence-corrected chi connectivity index (χ3v) is 9.13. The Morgan fingerprint density at radius 1 is 1.12 bits per heavy atom. The highest BCUT2D eigenvalue weighted by Crippen LogP contribution is 2.43. The van der Waals surface area contributed by atoms with E-state index in [4.69, 9.17) is 9.97 Å². The molecule has 3 aromatic rings. The maximum absolute atomic E-state index is 16.9. The maximum atomic E-state index is 16.9. The molecule has 1 aromatic heterocycles. The van der Waals surface area contributed by atoms with Crippen LogP contribution in [0.5, 0.6) is 0 Å². The summed E-state index contributed by atoms with van der Waals surface area (Å²) in [6.45, 7) is 12.2. The van der Waals surface area contributed by atoms with Gasteiger partial charge in [0, 0.05) is 67.9 Å². The van der Waals surface area contributed by atoms with Crippen LogP contribution in [0.3, 0.4) is 0 Å². The molecule has 220 valence electrons. The van der Waals surface area contributed by atoms with Gasteiger partial charge in [0.2, 0.25) is 17.8 Å². The van der Waals surface area contributed by atoms with Crippen molar-refractivity contribution in [3.05, 3.63) is 53.9 Å². The number of benzene rings is 2. The monoisotopic (exact) mass is 571 g/mol. The predicted molar refractivity (Wildman–Crippen MR) is 165 cm³/mol. The van der Waals surface area contributed by atoms with Gasteiger partial charge in [-0.05, 0) is 58.1 Å². The first-order chi connectivity index (χ1) is 20.0. The van der Waals surface area contributed by atoms with Gasteiger partial charge in [0.05, 0.1) is 12.1 Å². The van der Waals surface area contributed by atoms with E-state index in [1.807, 2.05) is 43.0 Å². The van der Waals surface area contributed by atoms with Crippen LogP contribution in [0.1, 0.15) is 25.0 Å². The molecule has 0 radical (unpaired) electrons. The Balaban J connectivity index is 1.52. The molecule has 4 heterocycles. The van der Waals surface area contributed by atoms with Gasteiger partial charge in [0.15, 0.2) is 5.82 Å². The number of hydrogen-bond acceptors (Lipinski definition) is 7. The molecule has 2 saturated heterocycles. The number of rotatable bonds is 5. The zero-order chi connectivity index (χ0) is 30.0. The third kappa shape index (κ3) is 4.40. The average Bonchev–Trinajstić information content (AvgIpc) is 3.22. The molecule has 0 bridgehead atoms. The third-order valence-electron chi connectivity index (χ3n) is 9.13. The number of piperazine rings is 1. The van der Waals surface area contributed by atoms with Gasteiger partial charge in [-0.2, -0.15) is 4.98 Å². The second-order valence-corrected chi connectivity index (χ2v) is 12.1. The summed E-state index contributed by atoms with van der Waals surface area (Å²) in [6.07, 6.45) is 1.66. The van der Waals surface area contributed by atoms with Crippen LogP contribution in [0.15, 0.2) is 36.9 Å². The van der Waals surface area contributed by atoms with Gasteiger partial charge in [-0.1, -0.05) is 24.8 Å². The summed E-state index contributed by atoms with van der Waals surface area (Å²) in [6, 6.07) is 7.91. The van der Waals surface area contributed by atoms with Crippen LogP contribution in [0.4, 0.5) is 21.8 Å². The molecule has 3 aliphatic heterocycles. The Kier molecular flexibility index (Phi) is 6.92. The Labute approximate surface area is 246 Å². The van der Waals surface area contributed by atoms with Crippen LogP contribution >= 0.6 is 0 Å². The molecule has 0 saturated carbocycles. The molecular formula is C32H38FN7O2. The van der Waals surface area contributed by atoms with Gasteiger partial charge < -0.3 is 24.5 Å². The number of aromatic nitrogens is 2. The maximum Gasteiger partial charge on any atom is 0.246 e. The van der Waals surface area contributed by atoms with E-state index in [0.717, 1.165) is 29.9 Å². The standard InChI is InChI=1S/C32H38FN7O2/c1-8-25(41)39-14-20(4)40(15-19(39)3)31-24-12-18(2)27(23-11-9-10-21-13-26(42)37(7)30(21)23)28(33)29(24)34-32(35-31)38-16-22(17-38)36(5)6/h8-12,19-20,22H,1,13-17H2,2-7H3/t19-,20+/m1/s1. The van der Waals surface area contributed by atoms with Crippen molar-refractivity contribution in [2.24, 2.45) is 0 Å².